The van der Waals surface area contributed by atoms with Gasteiger partial charge in [0.2, 0.25) is 5.91 Å². The van der Waals surface area contributed by atoms with E-state index in [1.165, 1.54) is 17.0 Å². The number of hydrogen-bond acceptors (Lipinski definition) is 4. The zero-order valence-electron chi connectivity index (χ0n) is 14.6. The summed E-state index contributed by atoms with van der Waals surface area (Å²) in [5.41, 5.74) is 1.08. The van der Waals surface area contributed by atoms with E-state index in [0.717, 1.165) is 12.8 Å². The topological polar surface area (TPSA) is 75.3 Å². The molecule has 27 heavy (non-hydrogen) atoms. The summed E-state index contributed by atoms with van der Waals surface area (Å²) in [7, 11) is -3.66. The van der Waals surface area contributed by atoms with Crippen LogP contribution < -0.4 is 10.0 Å². The third-order valence-electron chi connectivity index (χ3n) is 3.88. The molecule has 140 valence electrons. The number of benzene rings is 2. The van der Waals surface area contributed by atoms with E-state index < -0.39 is 10.0 Å². The summed E-state index contributed by atoms with van der Waals surface area (Å²) in [5, 5.41) is 4.83. The van der Waals surface area contributed by atoms with Crippen LogP contribution in [0.4, 0.5) is 11.4 Å². The van der Waals surface area contributed by atoms with Crippen molar-refractivity contribution in [3.05, 3.63) is 77.0 Å². The Morgan fingerprint density at radius 2 is 1.63 bits per heavy atom. The lowest BCUT2D eigenvalue weighted by Gasteiger charge is -2.09. The molecular formula is C20H20N2O3S2. The summed E-state index contributed by atoms with van der Waals surface area (Å²) >= 11 is 1.69. The predicted molar refractivity (Wildman–Crippen MR) is 110 cm³/mol. The normalized spacial score (nSPS) is 11.1. The van der Waals surface area contributed by atoms with Gasteiger partial charge in [-0.05, 0) is 60.7 Å². The van der Waals surface area contributed by atoms with Gasteiger partial charge >= 0.3 is 0 Å². The minimum atomic E-state index is -3.66. The molecule has 0 atom stereocenters. The summed E-state index contributed by atoms with van der Waals surface area (Å²) in [6, 6.07) is 18.9. The van der Waals surface area contributed by atoms with Crippen molar-refractivity contribution < 1.29 is 13.2 Å². The van der Waals surface area contributed by atoms with Gasteiger partial charge < -0.3 is 5.32 Å². The van der Waals surface area contributed by atoms with Crippen LogP contribution in [0.1, 0.15) is 17.7 Å². The fourth-order valence-electron chi connectivity index (χ4n) is 2.54. The number of anilines is 2. The molecule has 1 aromatic heterocycles. The van der Waals surface area contributed by atoms with Crippen LogP contribution in [-0.2, 0) is 21.2 Å². The van der Waals surface area contributed by atoms with Crippen LogP contribution in [0.25, 0.3) is 0 Å². The Kier molecular flexibility index (Phi) is 6.26. The van der Waals surface area contributed by atoms with Crippen molar-refractivity contribution in [1.82, 2.24) is 0 Å². The summed E-state index contributed by atoms with van der Waals surface area (Å²) < 4.78 is 27.3. The van der Waals surface area contributed by atoms with Crippen molar-refractivity contribution in [1.29, 1.82) is 0 Å². The smallest absolute Gasteiger partial charge is 0.261 e. The third-order valence-corrected chi connectivity index (χ3v) is 6.21. The van der Waals surface area contributed by atoms with Crippen molar-refractivity contribution in [3.8, 4) is 0 Å². The van der Waals surface area contributed by atoms with Crippen LogP contribution in [0.5, 0.6) is 0 Å². The Bertz CT molecular complexity index is 968. The molecule has 0 aliphatic carbocycles. The number of para-hydroxylation sites is 1. The van der Waals surface area contributed by atoms with Gasteiger partial charge in [0, 0.05) is 22.7 Å². The third kappa shape index (κ3) is 5.67. The molecule has 1 amide bonds. The van der Waals surface area contributed by atoms with E-state index in [-0.39, 0.29) is 10.8 Å². The van der Waals surface area contributed by atoms with Gasteiger partial charge in [0.15, 0.2) is 0 Å². The number of hydrogen-bond donors (Lipinski definition) is 2. The first kappa shape index (κ1) is 19.1. The van der Waals surface area contributed by atoms with Crippen molar-refractivity contribution in [2.75, 3.05) is 10.0 Å². The van der Waals surface area contributed by atoms with Gasteiger partial charge in [0.25, 0.3) is 10.0 Å². The Labute approximate surface area is 163 Å². The number of nitrogens with one attached hydrogen (secondary N) is 2. The molecule has 0 spiro atoms. The van der Waals surface area contributed by atoms with E-state index in [4.69, 9.17) is 0 Å². The highest BCUT2D eigenvalue weighted by Crippen LogP contribution is 2.18. The summed E-state index contributed by atoms with van der Waals surface area (Å²) in [6.07, 6.45) is 2.08. The van der Waals surface area contributed by atoms with E-state index >= 15 is 0 Å². The number of thiophene rings is 1. The first-order valence-corrected chi connectivity index (χ1v) is 10.9. The van der Waals surface area contributed by atoms with Gasteiger partial charge in [-0.3, -0.25) is 9.52 Å². The van der Waals surface area contributed by atoms with Crippen LogP contribution >= 0.6 is 11.3 Å². The van der Waals surface area contributed by atoms with Crippen LogP contribution in [0.3, 0.4) is 0 Å². The van der Waals surface area contributed by atoms with E-state index in [2.05, 4.69) is 16.1 Å². The van der Waals surface area contributed by atoms with Crippen LogP contribution in [-0.4, -0.2) is 14.3 Å². The molecule has 2 N–H and O–H groups in total. The van der Waals surface area contributed by atoms with Crippen molar-refractivity contribution in [3.63, 3.8) is 0 Å². The number of amides is 1. The average molecular weight is 401 g/mol. The molecule has 0 fully saturated rings. The maximum Gasteiger partial charge on any atom is 0.261 e. The molecule has 0 saturated heterocycles. The Morgan fingerprint density at radius 1 is 0.889 bits per heavy atom. The zero-order valence-corrected chi connectivity index (χ0v) is 16.2. The lowest BCUT2D eigenvalue weighted by molar-refractivity contribution is -0.116. The van der Waals surface area contributed by atoms with E-state index in [9.17, 15) is 13.2 Å². The minimum Gasteiger partial charge on any atom is -0.326 e. The number of aryl methyl sites for hydroxylation is 1. The maximum absolute atomic E-state index is 12.4. The standard InChI is InChI=1S/C20H20N2O3S2/c23-20(10-4-8-18-9-5-15-26-18)21-16-11-13-19(14-12-16)27(24,25)22-17-6-2-1-3-7-17/h1-3,5-7,9,11-15,22H,4,8,10H2,(H,21,23). The highest BCUT2D eigenvalue weighted by Gasteiger charge is 2.14. The lowest BCUT2D eigenvalue weighted by Crippen LogP contribution is -2.14. The quantitative estimate of drug-likeness (QED) is 0.584. The van der Waals surface area contributed by atoms with E-state index in [1.807, 2.05) is 17.5 Å². The van der Waals surface area contributed by atoms with Crippen LogP contribution in [0.2, 0.25) is 0 Å². The van der Waals surface area contributed by atoms with Gasteiger partial charge in [-0.25, -0.2) is 8.42 Å². The Hall–Kier alpha value is -2.64. The number of rotatable bonds is 8. The summed E-state index contributed by atoms with van der Waals surface area (Å²) in [5.74, 6) is -0.0791. The average Bonchev–Trinajstić information content (AvgIpc) is 3.16. The molecule has 7 heteroatoms. The van der Waals surface area contributed by atoms with Gasteiger partial charge in [0.05, 0.1) is 4.90 Å². The monoisotopic (exact) mass is 400 g/mol. The molecule has 0 saturated carbocycles. The molecule has 1 heterocycles. The van der Waals surface area contributed by atoms with Gasteiger partial charge in [0.1, 0.15) is 0 Å². The van der Waals surface area contributed by atoms with E-state index in [1.54, 1.807) is 47.7 Å². The second-order valence-corrected chi connectivity index (χ2v) is 8.69. The predicted octanol–water partition coefficient (Wildman–Crippen LogP) is 4.51. The molecule has 0 bridgehead atoms. The van der Waals surface area contributed by atoms with Gasteiger partial charge in [-0.1, -0.05) is 24.3 Å². The number of carbonyl (C=O) groups excluding carboxylic acids is 1. The zero-order chi connectivity index (χ0) is 19.1. The maximum atomic E-state index is 12.4. The van der Waals surface area contributed by atoms with Crippen LogP contribution in [0, 0.1) is 0 Å². The molecule has 0 unspecified atom stereocenters. The Morgan fingerprint density at radius 3 is 2.30 bits per heavy atom. The molecule has 0 radical (unpaired) electrons. The van der Waals surface area contributed by atoms with E-state index in [0.29, 0.717) is 17.8 Å². The van der Waals surface area contributed by atoms with Crippen molar-refractivity contribution >= 4 is 38.6 Å². The first-order valence-electron chi connectivity index (χ1n) is 8.53. The molecule has 0 aliphatic heterocycles. The lowest BCUT2D eigenvalue weighted by atomic mass is 10.2. The SMILES string of the molecule is O=C(CCCc1cccs1)Nc1ccc(S(=O)(=O)Nc2ccccc2)cc1. The molecule has 3 rings (SSSR count). The Balaban J connectivity index is 1.54. The number of carbonyl (C=O) groups is 1. The van der Waals surface area contributed by atoms with Crippen molar-refractivity contribution in [2.24, 2.45) is 0 Å². The van der Waals surface area contributed by atoms with Crippen molar-refractivity contribution in [2.45, 2.75) is 24.2 Å². The first-order chi connectivity index (χ1) is 13.0. The van der Waals surface area contributed by atoms with Gasteiger partial charge in [-0.2, -0.15) is 0 Å². The summed E-state index contributed by atoms with van der Waals surface area (Å²) in [4.78, 5) is 13.4. The fraction of sp³-hybridized carbons (Fsp3) is 0.150. The number of sulfonamides is 1. The molecule has 2 aromatic carbocycles. The summed E-state index contributed by atoms with van der Waals surface area (Å²) in [6.45, 7) is 0. The van der Waals surface area contributed by atoms with Crippen LogP contribution in [0.15, 0.2) is 77.0 Å². The molecular weight excluding hydrogens is 380 g/mol. The van der Waals surface area contributed by atoms with Gasteiger partial charge in [-0.15, -0.1) is 11.3 Å². The largest absolute Gasteiger partial charge is 0.326 e. The minimum absolute atomic E-state index is 0.0791. The second-order valence-electron chi connectivity index (χ2n) is 5.98. The fourth-order valence-corrected chi connectivity index (χ4v) is 4.35. The highest BCUT2D eigenvalue weighted by molar-refractivity contribution is 7.92. The molecule has 5 nitrogen and oxygen atoms in total. The molecule has 0 aliphatic rings. The second kappa shape index (κ2) is 8.83. The highest BCUT2D eigenvalue weighted by atomic mass is 32.2. The molecule has 3 aromatic rings.